The molecule has 2 aromatic rings. The second-order valence-electron chi connectivity index (χ2n) is 6.74. The number of hydrogen-bond donors (Lipinski definition) is 2. The number of carbonyl (C=O) groups is 2. The van der Waals surface area contributed by atoms with Gasteiger partial charge in [0.2, 0.25) is 5.91 Å². The normalized spacial score (nSPS) is 15.7. The Morgan fingerprint density at radius 2 is 1.70 bits per heavy atom. The first-order valence-corrected chi connectivity index (χ1v) is 10.9. The van der Waals surface area contributed by atoms with Crippen LogP contribution in [0.5, 0.6) is 0 Å². The lowest BCUT2D eigenvalue weighted by atomic mass is 10.2. The summed E-state index contributed by atoms with van der Waals surface area (Å²) in [6.07, 6.45) is 5.07. The maximum Gasteiger partial charge on any atom is 0.262 e. The van der Waals surface area contributed by atoms with Gasteiger partial charge in [-0.1, -0.05) is 12.8 Å². The van der Waals surface area contributed by atoms with Crippen molar-refractivity contribution in [1.29, 1.82) is 0 Å². The van der Waals surface area contributed by atoms with Gasteiger partial charge in [-0.2, -0.15) is 0 Å². The van der Waals surface area contributed by atoms with Crippen molar-refractivity contribution >= 4 is 50.5 Å². The highest BCUT2D eigenvalue weighted by molar-refractivity contribution is 9.11. The van der Waals surface area contributed by atoms with Crippen molar-refractivity contribution in [2.24, 2.45) is 0 Å². The number of rotatable bonds is 5. The van der Waals surface area contributed by atoms with E-state index in [0.29, 0.717) is 4.88 Å². The first-order valence-electron chi connectivity index (χ1n) is 9.25. The van der Waals surface area contributed by atoms with Gasteiger partial charge in [0.05, 0.1) is 8.66 Å². The van der Waals surface area contributed by atoms with Crippen LogP contribution in [0.4, 0.5) is 11.4 Å². The summed E-state index contributed by atoms with van der Waals surface area (Å²) < 4.78 is 0.884. The van der Waals surface area contributed by atoms with Crippen molar-refractivity contribution in [2.75, 3.05) is 23.3 Å². The Balaban J connectivity index is 1.54. The summed E-state index contributed by atoms with van der Waals surface area (Å²) >= 11 is 4.67. The van der Waals surface area contributed by atoms with E-state index in [-0.39, 0.29) is 11.8 Å². The quantitative estimate of drug-likeness (QED) is 0.698. The predicted molar refractivity (Wildman–Crippen MR) is 115 cm³/mol. The van der Waals surface area contributed by atoms with Crippen molar-refractivity contribution in [2.45, 2.75) is 38.6 Å². The molecule has 0 bridgehead atoms. The molecule has 0 saturated carbocycles. The van der Waals surface area contributed by atoms with Crippen LogP contribution in [0, 0.1) is 0 Å². The fourth-order valence-corrected chi connectivity index (χ4v) is 4.39. The summed E-state index contributed by atoms with van der Waals surface area (Å²) in [5.74, 6) is -0.480. The van der Waals surface area contributed by atoms with E-state index in [2.05, 4.69) is 31.5 Å². The number of halogens is 1. The van der Waals surface area contributed by atoms with Gasteiger partial charge < -0.3 is 15.5 Å². The minimum atomic E-state index is -0.622. The number of benzene rings is 1. The summed E-state index contributed by atoms with van der Waals surface area (Å²) in [6.45, 7) is 3.86. The average Bonchev–Trinajstić information content (AvgIpc) is 2.92. The summed E-state index contributed by atoms with van der Waals surface area (Å²) in [7, 11) is 0. The number of hydrogen-bond acceptors (Lipinski definition) is 4. The van der Waals surface area contributed by atoms with E-state index in [1.54, 1.807) is 13.0 Å². The van der Waals surface area contributed by atoms with Crippen molar-refractivity contribution in [3.63, 3.8) is 0 Å². The minimum absolute atomic E-state index is 0.235. The Morgan fingerprint density at radius 1 is 1.04 bits per heavy atom. The average molecular weight is 450 g/mol. The van der Waals surface area contributed by atoms with Gasteiger partial charge in [-0.3, -0.25) is 9.59 Å². The van der Waals surface area contributed by atoms with Gasteiger partial charge in [0, 0.05) is 24.5 Å². The molecule has 0 spiro atoms. The first kappa shape index (κ1) is 19.9. The molecule has 2 amide bonds. The molecular weight excluding hydrogens is 426 g/mol. The molecule has 1 aliphatic heterocycles. The van der Waals surface area contributed by atoms with Crippen LogP contribution in [-0.4, -0.2) is 30.9 Å². The highest BCUT2D eigenvalue weighted by atomic mass is 79.9. The third-order valence-electron chi connectivity index (χ3n) is 4.64. The maximum atomic E-state index is 12.4. The standard InChI is InChI=1S/C20H24BrN3O2S/c1-14(22-20(26)17-10-11-18(21)27-17)19(25)23-15-6-8-16(9-7-15)24-12-4-2-3-5-13-24/h6-11,14H,2-5,12-13H2,1H3,(H,22,26)(H,23,25). The summed E-state index contributed by atoms with van der Waals surface area (Å²) in [4.78, 5) is 27.5. The van der Waals surface area contributed by atoms with Crippen LogP contribution in [0.15, 0.2) is 40.2 Å². The van der Waals surface area contributed by atoms with Gasteiger partial charge in [-0.05, 0) is 72.1 Å². The van der Waals surface area contributed by atoms with Gasteiger partial charge in [0.15, 0.2) is 0 Å². The molecule has 1 aromatic carbocycles. The molecule has 1 fully saturated rings. The van der Waals surface area contributed by atoms with Gasteiger partial charge in [-0.15, -0.1) is 11.3 Å². The third kappa shape index (κ3) is 5.56. The highest BCUT2D eigenvalue weighted by Gasteiger charge is 2.18. The fraction of sp³-hybridized carbons (Fsp3) is 0.400. The van der Waals surface area contributed by atoms with E-state index in [1.165, 1.54) is 42.7 Å². The lowest BCUT2D eigenvalue weighted by Gasteiger charge is -2.23. The van der Waals surface area contributed by atoms with Gasteiger partial charge in [0.25, 0.3) is 5.91 Å². The molecule has 0 aliphatic carbocycles. The van der Waals surface area contributed by atoms with Crippen LogP contribution < -0.4 is 15.5 Å². The van der Waals surface area contributed by atoms with Crippen molar-refractivity contribution in [3.8, 4) is 0 Å². The van der Waals surface area contributed by atoms with E-state index in [0.717, 1.165) is 22.6 Å². The second kappa shape index (κ2) is 9.37. The van der Waals surface area contributed by atoms with E-state index in [1.807, 2.05) is 30.3 Å². The molecule has 7 heteroatoms. The monoisotopic (exact) mass is 449 g/mol. The smallest absolute Gasteiger partial charge is 0.262 e. The van der Waals surface area contributed by atoms with Gasteiger partial charge in [-0.25, -0.2) is 0 Å². The number of nitrogens with one attached hydrogen (secondary N) is 2. The van der Waals surface area contributed by atoms with Crippen molar-refractivity contribution in [1.82, 2.24) is 5.32 Å². The molecule has 2 heterocycles. The second-order valence-corrected chi connectivity index (χ2v) is 9.20. The number of carbonyl (C=O) groups excluding carboxylic acids is 2. The SMILES string of the molecule is CC(NC(=O)c1ccc(Br)s1)C(=O)Nc1ccc(N2CCCCCC2)cc1. The number of amides is 2. The highest BCUT2D eigenvalue weighted by Crippen LogP contribution is 2.23. The van der Waals surface area contributed by atoms with Crippen LogP contribution in [0.3, 0.4) is 0 Å². The zero-order valence-electron chi connectivity index (χ0n) is 15.3. The van der Waals surface area contributed by atoms with Crippen LogP contribution in [0.2, 0.25) is 0 Å². The molecule has 3 rings (SSSR count). The maximum absolute atomic E-state index is 12.4. The van der Waals surface area contributed by atoms with E-state index >= 15 is 0 Å². The van der Waals surface area contributed by atoms with E-state index in [4.69, 9.17) is 0 Å². The van der Waals surface area contributed by atoms with Crippen LogP contribution in [-0.2, 0) is 4.79 Å². The molecule has 27 heavy (non-hydrogen) atoms. The number of nitrogens with zero attached hydrogens (tertiary/aromatic N) is 1. The Hall–Kier alpha value is -1.86. The zero-order chi connectivity index (χ0) is 19.2. The topological polar surface area (TPSA) is 61.4 Å². The predicted octanol–water partition coefficient (Wildman–Crippen LogP) is 4.65. The Bertz CT molecular complexity index is 783. The molecule has 1 aromatic heterocycles. The number of thiophene rings is 1. The summed E-state index contributed by atoms with van der Waals surface area (Å²) in [5, 5.41) is 5.60. The molecule has 1 saturated heterocycles. The Kier molecular flexibility index (Phi) is 6.90. The molecule has 1 unspecified atom stereocenters. The Labute approximate surface area is 172 Å². The van der Waals surface area contributed by atoms with E-state index < -0.39 is 6.04 Å². The Morgan fingerprint density at radius 3 is 2.30 bits per heavy atom. The lowest BCUT2D eigenvalue weighted by molar-refractivity contribution is -0.117. The van der Waals surface area contributed by atoms with E-state index in [9.17, 15) is 9.59 Å². The molecular formula is C20H24BrN3O2S. The largest absolute Gasteiger partial charge is 0.372 e. The fourth-order valence-electron chi connectivity index (χ4n) is 3.10. The summed E-state index contributed by atoms with van der Waals surface area (Å²) in [6, 6.07) is 10.9. The van der Waals surface area contributed by atoms with Crippen LogP contribution in [0.1, 0.15) is 42.3 Å². The summed E-state index contributed by atoms with van der Waals surface area (Å²) in [5.41, 5.74) is 1.93. The number of anilines is 2. The molecule has 0 radical (unpaired) electrons. The molecule has 2 N–H and O–H groups in total. The van der Waals surface area contributed by atoms with Crippen LogP contribution >= 0.6 is 27.3 Å². The minimum Gasteiger partial charge on any atom is -0.372 e. The first-order chi connectivity index (χ1) is 13.0. The molecule has 1 atom stereocenters. The zero-order valence-corrected chi connectivity index (χ0v) is 17.7. The van der Waals surface area contributed by atoms with Gasteiger partial charge in [0.1, 0.15) is 6.04 Å². The lowest BCUT2D eigenvalue weighted by Crippen LogP contribution is -2.41. The third-order valence-corrected chi connectivity index (χ3v) is 6.27. The molecule has 5 nitrogen and oxygen atoms in total. The van der Waals surface area contributed by atoms with Crippen molar-refractivity contribution < 1.29 is 9.59 Å². The molecule has 1 aliphatic rings. The molecule has 144 valence electrons. The van der Waals surface area contributed by atoms with Gasteiger partial charge >= 0.3 is 0 Å². The van der Waals surface area contributed by atoms with Crippen molar-refractivity contribution in [3.05, 3.63) is 45.1 Å². The van der Waals surface area contributed by atoms with Crippen LogP contribution in [0.25, 0.3) is 0 Å².